The van der Waals surface area contributed by atoms with E-state index < -0.39 is 17.8 Å². The lowest BCUT2D eigenvalue weighted by Crippen LogP contribution is -2.54. The maximum atomic E-state index is 14.6. The summed E-state index contributed by atoms with van der Waals surface area (Å²) >= 11 is 3.56. The van der Waals surface area contributed by atoms with Crippen LogP contribution in [-0.4, -0.2) is 30.9 Å². The smallest absolute Gasteiger partial charge is 0.335 e. The van der Waals surface area contributed by atoms with Crippen molar-refractivity contribution in [3.8, 4) is 5.75 Å². The van der Waals surface area contributed by atoms with Crippen LogP contribution >= 0.6 is 15.9 Å². The van der Waals surface area contributed by atoms with Crippen LogP contribution in [-0.2, 0) is 16.2 Å². The van der Waals surface area contributed by atoms with Crippen molar-refractivity contribution < 1.29 is 19.1 Å². The Bertz CT molecular complexity index is 2460. The van der Waals surface area contributed by atoms with Gasteiger partial charge in [0.1, 0.15) is 17.9 Å². The second-order valence-electron chi connectivity index (χ2n) is 14.5. The number of aryl methyl sites for hydroxylation is 1. The fraction of sp³-hybridized carbons (Fsp3) is 0.170. The Morgan fingerprint density at radius 3 is 2.07 bits per heavy atom. The number of anilines is 2. The molecule has 1 fully saturated rings. The minimum atomic E-state index is -0.771. The first-order chi connectivity index (χ1) is 26.8. The molecule has 3 aliphatic rings. The van der Waals surface area contributed by atoms with Crippen LogP contribution in [0.3, 0.4) is 0 Å². The number of ether oxygens (including phenoxy) is 1. The number of rotatable bonds is 7. The molecule has 0 aliphatic carbocycles. The second-order valence-corrected chi connectivity index (χ2v) is 15.4. The van der Waals surface area contributed by atoms with Crippen LogP contribution in [0.25, 0.3) is 16.8 Å². The molecule has 3 aliphatic heterocycles. The van der Waals surface area contributed by atoms with E-state index in [1.807, 2.05) is 54.6 Å². The third-order valence-corrected chi connectivity index (χ3v) is 11.8. The van der Waals surface area contributed by atoms with Gasteiger partial charge in [0.2, 0.25) is 0 Å². The highest BCUT2D eigenvalue weighted by Gasteiger charge is 2.40. The van der Waals surface area contributed by atoms with E-state index in [0.717, 1.165) is 68.3 Å². The molecule has 0 aromatic heterocycles. The summed E-state index contributed by atoms with van der Waals surface area (Å²) in [4.78, 5) is 45.5. The van der Waals surface area contributed by atoms with Gasteiger partial charge in [0.15, 0.2) is 0 Å². The highest BCUT2D eigenvalue weighted by molar-refractivity contribution is 9.10. The molecular formula is C47H38BrN3O4. The Morgan fingerprint density at radius 2 is 1.40 bits per heavy atom. The summed E-state index contributed by atoms with van der Waals surface area (Å²) < 4.78 is 7.19. The number of benzene rings is 6. The highest BCUT2D eigenvalue weighted by atomic mass is 79.9. The second kappa shape index (κ2) is 14.3. The van der Waals surface area contributed by atoms with Crippen molar-refractivity contribution in [1.29, 1.82) is 0 Å². The van der Waals surface area contributed by atoms with Crippen molar-refractivity contribution in [3.05, 3.63) is 176 Å². The topological polar surface area (TPSA) is 79.0 Å². The van der Waals surface area contributed by atoms with Gasteiger partial charge in [-0.3, -0.25) is 14.9 Å². The normalized spacial score (nSPS) is 18.7. The summed E-state index contributed by atoms with van der Waals surface area (Å²) in [5, 5.41) is 4.69. The molecule has 0 unspecified atom stereocenters. The maximum absolute atomic E-state index is 14.6. The molecule has 0 spiro atoms. The predicted octanol–water partition coefficient (Wildman–Crippen LogP) is 10.0. The van der Waals surface area contributed by atoms with Gasteiger partial charge < -0.3 is 9.64 Å². The van der Waals surface area contributed by atoms with Crippen molar-refractivity contribution in [2.24, 2.45) is 0 Å². The van der Waals surface area contributed by atoms with Crippen molar-refractivity contribution in [2.45, 2.75) is 38.2 Å². The zero-order chi connectivity index (χ0) is 37.6. The molecule has 6 aromatic rings. The van der Waals surface area contributed by atoms with E-state index >= 15 is 0 Å². The predicted molar refractivity (Wildman–Crippen MR) is 221 cm³/mol. The van der Waals surface area contributed by atoms with Crippen LogP contribution in [0.4, 0.5) is 16.2 Å². The molecule has 0 saturated carbocycles. The van der Waals surface area contributed by atoms with Gasteiger partial charge in [-0.15, -0.1) is 0 Å². The van der Waals surface area contributed by atoms with Crippen LogP contribution in [0.1, 0.15) is 63.6 Å². The lowest BCUT2D eigenvalue weighted by molar-refractivity contribution is -0.122. The van der Waals surface area contributed by atoms with Gasteiger partial charge in [0.25, 0.3) is 11.8 Å². The molecule has 0 bridgehead atoms. The lowest BCUT2D eigenvalue weighted by Gasteiger charge is -2.44. The van der Waals surface area contributed by atoms with Gasteiger partial charge in [-0.2, -0.15) is 0 Å². The summed E-state index contributed by atoms with van der Waals surface area (Å²) in [6, 6.07) is 41.9. The van der Waals surface area contributed by atoms with Gasteiger partial charge in [-0.05, 0) is 94.8 Å². The molecule has 0 radical (unpaired) electrons. The average molecular weight is 789 g/mol. The van der Waals surface area contributed by atoms with Crippen molar-refractivity contribution in [1.82, 2.24) is 5.32 Å². The fourth-order valence-electron chi connectivity index (χ4n) is 8.57. The molecule has 4 amide bonds. The largest absolute Gasteiger partial charge is 0.488 e. The number of barbiturate groups is 1. The zero-order valence-electron chi connectivity index (χ0n) is 30.3. The number of carbonyl (C=O) groups is 3. The molecule has 1 N–H and O–H groups in total. The number of amides is 4. The number of hydrogen-bond acceptors (Lipinski definition) is 5. The number of urea groups is 1. The van der Waals surface area contributed by atoms with Crippen LogP contribution in [0, 0.1) is 6.92 Å². The molecule has 272 valence electrons. The molecule has 9 rings (SSSR count). The quantitative estimate of drug-likeness (QED) is 0.129. The van der Waals surface area contributed by atoms with E-state index in [1.54, 1.807) is 0 Å². The molecule has 1 saturated heterocycles. The first-order valence-electron chi connectivity index (χ1n) is 18.7. The summed E-state index contributed by atoms with van der Waals surface area (Å²) in [5.74, 6) is -0.787. The standard InChI is InChI=1S/C47H38BrN3O4/c1-29-16-17-32-14-8-9-15-36(32)42(29)28-55-43-19-18-34(48)24-33(43)25-41-45(52)49-47(54)51(46(41)53)35-26-39-37(30-10-4-2-5-11-30)20-22-50-23-21-38(40(27-35)44(39)50)31-12-6-3-7-13-31/h2-19,24-27,37-38H,20-23,28H2,1H3,(H,49,52,54)/b41-25+/t37-,38+. The number of carbonyl (C=O) groups excluding carboxylic acids is 3. The Labute approximate surface area is 328 Å². The third kappa shape index (κ3) is 6.40. The number of fused-ring (bicyclic) bond motifs is 1. The van der Waals surface area contributed by atoms with Gasteiger partial charge in [-0.25, -0.2) is 9.69 Å². The van der Waals surface area contributed by atoms with Crippen LogP contribution in [0.2, 0.25) is 0 Å². The maximum Gasteiger partial charge on any atom is 0.335 e. The van der Waals surface area contributed by atoms with E-state index in [4.69, 9.17) is 4.74 Å². The molecular weight excluding hydrogens is 750 g/mol. The zero-order valence-corrected chi connectivity index (χ0v) is 31.9. The monoisotopic (exact) mass is 787 g/mol. The number of hydrogen-bond donors (Lipinski definition) is 1. The first-order valence-corrected chi connectivity index (χ1v) is 19.5. The van der Waals surface area contributed by atoms with Crippen LogP contribution < -0.4 is 19.9 Å². The molecule has 55 heavy (non-hydrogen) atoms. The van der Waals surface area contributed by atoms with E-state index in [1.165, 1.54) is 22.9 Å². The number of imide groups is 2. The van der Waals surface area contributed by atoms with Crippen LogP contribution in [0.15, 0.2) is 137 Å². The van der Waals surface area contributed by atoms with Crippen molar-refractivity contribution in [3.63, 3.8) is 0 Å². The number of nitrogens with one attached hydrogen (secondary N) is 1. The Balaban J connectivity index is 1.12. The summed E-state index contributed by atoms with van der Waals surface area (Å²) in [5.41, 5.74) is 8.70. The number of nitrogens with zero attached hydrogens (tertiary/aromatic N) is 2. The molecule has 2 atom stereocenters. The third-order valence-electron chi connectivity index (χ3n) is 11.3. The van der Waals surface area contributed by atoms with Crippen molar-refractivity contribution >= 4 is 62.0 Å². The Morgan fingerprint density at radius 1 is 0.764 bits per heavy atom. The first kappa shape index (κ1) is 34.8. The highest BCUT2D eigenvalue weighted by Crippen LogP contribution is 2.50. The molecule has 3 heterocycles. The summed E-state index contributed by atoms with van der Waals surface area (Å²) in [6.07, 6.45) is 3.34. The fourth-order valence-corrected chi connectivity index (χ4v) is 8.94. The van der Waals surface area contributed by atoms with E-state index in [9.17, 15) is 14.4 Å². The van der Waals surface area contributed by atoms with Crippen LogP contribution in [0.5, 0.6) is 5.75 Å². The van der Waals surface area contributed by atoms with Gasteiger partial charge in [0.05, 0.1) is 5.69 Å². The summed E-state index contributed by atoms with van der Waals surface area (Å²) in [6.45, 7) is 4.18. The molecule has 6 aromatic carbocycles. The Kier molecular flexibility index (Phi) is 9.06. The van der Waals surface area contributed by atoms with Gasteiger partial charge >= 0.3 is 6.03 Å². The van der Waals surface area contributed by atoms with E-state index in [2.05, 4.69) is 106 Å². The number of halogens is 1. The molecule has 7 nitrogen and oxygen atoms in total. The Hall–Kier alpha value is -5.99. The SMILES string of the molecule is Cc1ccc2ccccc2c1COc1ccc(Br)cc1/C=C1\C(=O)NC(=O)N(c2cc3c4c(c2)[C@H](c2ccccc2)CCN4CC[C@@H]3c2ccccc2)C1=O. The van der Waals surface area contributed by atoms with Gasteiger partial charge in [-0.1, -0.05) is 113 Å². The van der Waals surface area contributed by atoms with Gasteiger partial charge in [0, 0.05) is 46.2 Å². The summed E-state index contributed by atoms with van der Waals surface area (Å²) in [7, 11) is 0. The minimum Gasteiger partial charge on any atom is -0.488 e. The average Bonchev–Trinajstić information content (AvgIpc) is 3.20. The van der Waals surface area contributed by atoms with E-state index in [0.29, 0.717) is 17.0 Å². The van der Waals surface area contributed by atoms with E-state index in [-0.39, 0.29) is 24.0 Å². The van der Waals surface area contributed by atoms with Crippen molar-refractivity contribution in [2.75, 3.05) is 22.9 Å². The minimum absolute atomic E-state index is 0.0759. The molecule has 8 heteroatoms. The lowest BCUT2D eigenvalue weighted by atomic mass is 9.76.